The number of hydrogen-bond acceptors (Lipinski definition) is 7. The van der Waals surface area contributed by atoms with E-state index in [4.69, 9.17) is 18.9 Å². The molecule has 0 aromatic heterocycles. The number of benzene rings is 1. The molecular formula is C20H23NO7. The second-order valence-electron chi connectivity index (χ2n) is 6.69. The van der Waals surface area contributed by atoms with Gasteiger partial charge < -0.3 is 23.8 Å². The topological polar surface area (TPSA) is 91.4 Å². The van der Waals surface area contributed by atoms with Crippen molar-refractivity contribution >= 4 is 17.8 Å². The number of amides is 1. The molecule has 28 heavy (non-hydrogen) atoms. The maximum atomic E-state index is 13.1. The molecule has 1 unspecified atom stereocenters. The SMILES string of the molecule is C=CC12c3cc(OC)c(OC)cc3CCN1C(=O)[C@H](OC(C)=O)[C@H]2OC(C)=O. The predicted molar refractivity (Wildman–Crippen MR) is 97.9 cm³/mol. The molecule has 0 radical (unpaired) electrons. The fourth-order valence-electron chi connectivity index (χ4n) is 4.13. The van der Waals surface area contributed by atoms with Crippen LogP contribution in [0.2, 0.25) is 0 Å². The maximum Gasteiger partial charge on any atom is 0.303 e. The monoisotopic (exact) mass is 389 g/mol. The number of nitrogens with zero attached hydrogens (tertiary/aromatic N) is 1. The van der Waals surface area contributed by atoms with Gasteiger partial charge in [-0.15, -0.1) is 6.58 Å². The van der Waals surface area contributed by atoms with Gasteiger partial charge in [0.25, 0.3) is 5.91 Å². The molecule has 0 bridgehead atoms. The third-order valence-corrected chi connectivity index (χ3v) is 5.21. The lowest BCUT2D eigenvalue weighted by atomic mass is 9.78. The normalized spacial score (nSPS) is 25.4. The Morgan fingerprint density at radius 3 is 2.29 bits per heavy atom. The molecule has 0 aliphatic carbocycles. The number of carbonyl (C=O) groups is 3. The summed E-state index contributed by atoms with van der Waals surface area (Å²) >= 11 is 0. The van der Waals surface area contributed by atoms with Gasteiger partial charge in [-0.2, -0.15) is 0 Å². The second-order valence-corrected chi connectivity index (χ2v) is 6.69. The lowest BCUT2D eigenvalue weighted by molar-refractivity contribution is -0.167. The fraction of sp³-hybridized carbons (Fsp3) is 0.450. The fourth-order valence-corrected chi connectivity index (χ4v) is 4.13. The number of rotatable bonds is 5. The molecule has 150 valence electrons. The number of ether oxygens (including phenoxy) is 4. The van der Waals surface area contributed by atoms with Crippen LogP contribution in [0, 0.1) is 0 Å². The van der Waals surface area contributed by atoms with Crippen molar-refractivity contribution in [2.45, 2.75) is 38.0 Å². The molecule has 3 atom stereocenters. The van der Waals surface area contributed by atoms with Gasteiger partial charge in [-0.1, -0.05) is 6.08 Å². The van der Waals surface area contributed by atoms with Crippen LogP contribution in [-0.4, -0.2) is 55.7 Å². The van der Waals surface area contributed by atoms with Crippen LogP contribution in [0.4, 0.5) is 0 Å². The van der Waals surface area contributed by atoms with Crippen molar-refractivity contribution in [2.75, 3.05) is 20.8 Å². The average Bonchev–Trinajstić information content (AvgIpc) is 2.88. The van der Waals surface area contributed by atoms with Crippen molar-refractivity contribution in [3.05, 3.63) is 35.9 Å². The first-order chi connectivity index (χ1) is 13.3. The number of fused-ring (bicyclic) bond motifs is 3. The van der Waals surface area contributed by atoms with Crippen LogP contribution in [0.1, 0.15) is 25.0 Å². The standard InChI is InChI=1S/C20H23NO7/c1-6-20-14-10-16(26-5)15(25-4)9-13(14)7-8-21(20)19(24)17(27-11(2)22)18(20)28-12(3)23/h6,9-10,17-18H,1,7-8H2,2-5H3/t17-,18-,20?/m1/s1. The Morgan fingerprint density at radius 1 is 1.14 bits per heavy atom. The summed E-state index contributed by atoms with van der Waals surface area (Å²) in [7, 11) is 3.05. The van der Waals surface area contributed by atoms with E-state index in [1.807, 2.05) is 6.07 Å². The zero-order chi connectivity index (χ0) is 20.6. The molecule has 1 amide bonds. The third kappa shape index (κ3) is 2.80. The van der Waals surface area contributed by atoms with Gasteiger partial charge in [0.1, 0.15) is 5.54 Å². The minimum Gasteiger partial charge on any atom is -0.493 e. The van der Waals surface area contributed by atoms with Gasteiger partial charge in [-0.05, 0) is 29.7 Å². The number of methoxy groups -OCH3 is 2. The largest absolute Gasteiger partial charge is 0.493 e. The van der Waals surface area contributed by atoms with Crippen LogP contribution >= 0.6 is 0 Å². The quantitative estimate of drug-likeness (QED) is 0.554. The van der Waals surface area contributed by atoms with Crippen LogP contribution < -0.4 is 9.47 Å². The summed E-state index contributed by atoms with van der Waals surface area (Å²) in [6.07, 6.45) is -0.211. The Labute approximate surface area is 163 Å². The summed E-state index contributed by atoms with van der Waals surface area (Å²) in [6.45, 7) is 6.72. The van der Waals surface area contributed by atoms with E-state index >= 15 is 0 Å². The van der Waals surface area contributed by atoms with Crippen molar-refractivity contribution < 1.29 is 33.3 Å². The van der Waals surface area contributed by atoms with E-state index in [1.54, 1.807) is 24.2 Å². The summed E-state index contributed by atoms with van der Waals surface area (Å²) in [6, 6.07) is 3.59. The molecule has 2 aliphatic rings. The Balaban J connectivity index is 2.25. The molecule has 0 spiro atoms. The molecule has 0 saturated carbocycles. The van der Waals surface area contributed by atoms with E-state index in [9.17, 15) is 14.4 Å². The zero-order valence-electron chi connectivity index (χ0n) is 16.3. The first-order valence-electron chi connectivity index (χ1n) is 8.85. The molecule has 3 rings (SSSR count). The van der Waals surface area contributed by atoms with Gasteiger partial charge in [0.15, 0.2) is 17.6 Å². The van der Waals surface area contributed by atoms with E-state index in [1.165, 1.54) is 21.0 Å². The minimum atomic E-state index is -1.25. The van der Waals surface area contributed by atoms with Crippen molar-refractivity contribution in [3.8, 4) is 11.5 Å². The zero-order valence-corrected chi connectivity index (χ0v) is 16.3. The molecule has 8 nitrogen and oxygen atoms in total. The summed E-state index contributed by atoms with van der Waals surface area (Å²) in [5, 5.41) is 0. The lowest BCUT2D eigenvalue weighted by Gasteiger charge is -2.43. The Hall–Kier alpha value is -3.03. The Kier molecular flexibility index (Phi) is 5.06. The van der Waals surface area contributed by atoms with Crippen LogP contribution in [0.15, 0.2) is 24.8 Å². The van der Waals surface area contributed by atoms with Crippen molar-refractivity contribution in [2.24, 2.45) is 0 Å². The van der Waals surface area contributed by atoms with Gasteiger partial charge in [0.2, 0.25) is 6.10 Å². The highest BCUT2D eigenvalue weighted by molar-refractivity contribution is 5.90. The van der Waals surface area contributed by atoms with Gasteiger partial charge in [0, 0.05) is 20.4 Å². The smallest absolute Gasteiger partial charge is 0.303 e. The van der Waals surface area contributed by atoms with Gasteiger partial charge >= 0.3 is 11.9 Å². The first-order valence-corrected chi connectivity index (χ1v) is 8.85. The first kappa shape index (κ1) is 19.7. The molecule has 1 fully saturated rings. The van der Waals surface area contributed by atoms with Gasteiger partial charge in [-0.25, -0.2) is 0 Å². The van der Waals surface area contributed by atoms with E-state index in [0.717, 1.165) is 5.56 Å². The highest BCUT2D eigenvalue weighted by Crippen LogP contribution is 2.50. The predicted octanol–water partition coefficient (Wildman–Crippen LogP) is 1.35. The lowest BCUT2D eigenvalue weighted by Crippen LogP contribution is -2.52. The van der Waals surface area contributed by atoms with Crippen LogP contribution in [0.3, 0.4) is 0 Å². The minimum absolute atomic E-state index is 0.350. The maximum absolute atomic E-state index is 13.1. The molecule has 0 N–H and O–H groups in total. The summed E-state index contributed by atoms with van der Waals surface area (Å²) in [5.74, 6) is -0.636. The third-order valence-electron chi connectivity index (χ3n) is 5.21. The molecular weight excluding hydrogens is 366 g/mol. The van der Waals surface area contributed by atoms with Crippen LogP contribution in [0.25, 0.3) is 0 Å². The Bertz CT molecular complexity index is 849. The molecule has 2 aliphatic heterocycles. The number of hydrogen-bond donors (Lipinski definition) is 0. The van der Waals surface area contributed by atoms with E-state index in [0.29, 0.717) is 30.0 Å². The summed E-state index contributed by atoms with van der Waals surface area (Å²) in [5.41, 5.74) is 0.415. The van der Waals surface area contributed by atoms with E-state index < -0.39 is 35.6 Å². The highest BCUT2D eigenvalue weighted by atomic mass is 16.6. The average molecular weight is 389 g/mol. The van der Waals surface area contributed by atoms with Crippen LogP contribution in [-0.2, 0) is 35.8 Å². The van der Waals surface area contributed by atoms with Gasteiger partial charge in [0.05, 0.1) is 14.2 Å². The van der Waals surface area contributed by atoms with E-state index in [-0.39, 0.29) is 0 Å². The Morgan fingerprint density at radius 2 is 1.75 bits per heavy atom. The summed E-state index contributed by atoms with van der Waals surface area (Å²) in [4.78, 5) is 38.1. The molecule has 1 aromatic carbocycles. The van der Waals surface area contributed by atoms with Gasteiger partial charge in [-0.3, -0.25) is 14.4 Å². The van der Waals surface area contributed by atoms with E-state index in [2.05, 4.69) is 6.58 Å². The van der Waals surface area contributed by atoms with Crippen molar-refractivity contribution in [1.82, 2.24) is 4.90 Å². The number of carbonyl (C=O) groups excluding carboxylic acids is 3. The van der Waals surface area contributed by atoms with Crippen LogP contribution in [0.5, 0.6) is 11.5 Å². The highest BCUT2D eigenvalue weighted by Gasteiger charge is 2.63. The second kappa shape index (κ2) is 7.18. The van der Waals surface area contributed by atoms with Crippen molar-refractivity contribution in [1.29, 1.82) is 0 Å². The number of esters is 2. The van der Waals surface area contributed by atoms with Crippen molar-refractivity contribution in [3.63, 3.8) is 0 Å². The molecule has 8 heteroatoms. The summed E-state index contributed by atoms with van der Waals surface area (Å²) < 4.78 is 21.6. The molecule has 1 saturated heterocycles. The molecule has 1 aromatic rings. The molecule has 2 heterocycles.